The van der Waals surface area contributed by atoms with Crippen LogP contribution < -0.4 is 5.32 Å². The molecule has 0 aromatic carbocycles. The molecule has 6 nitrogen and oxygen atoms in total. The smallest absolute Gasteiger partial charge is 0.306 e. The van der Waals surface area contributed by atoms with E-state index < -0.39 is 18.2 Å². The predicted octanol–water partition coefficient (Wildman–Crippen LogP) is 16.7. The maximum atomic E-state index is 13.2. The van der Waals surface area contributed by atoms with Gasteiger partial charge in [0.1, 0.15) is 6.10 Å². The van der Waals surface area contributed by atoms with Gasteiger partial charge in [0.05, 0.1) is 25.2 Å². The number of hydrogen-bond donors (Lipinski definition) is 3. The molecule has 3 atom stereocenters. The van der Waals surface area contributed by atoms with Crippen LogP contribution >= 0.6 is 0 Å². The van der Waals surface area contributed by atoms with Crippen molar-refractivity contribution < 1.29 is 24.5 Å². The standard InChI is InChI=1S/C59H103NO5/c1-4-7-10-13-16-19-22-25-27-29-30-33-36-39-42-45-48-51-57(62)56(54-61)60-58(63)53-55(50-47-44-41-38-35-32-24-21-18-15-12-9-6-3)65-59(64)52-49-46-43-40-37-34-31-28-26-23-20-17-14-11-8-5-2/h8-9,11-12,15,17-18,20-21,24,26,28,32,35,55-57,61-62H,4-7,10,13-14,16,19,22-23,25,27,29-31,33-34,36-54H2,1-3H3,(H,60,63)/b11-8+,12-9+,18-15+,20-17+,24-21+,28-26+,35-32-. The molecule has 0 radical (unpaired) electrons. The Kier molecular flexibility index (Phi) is 49.6. The highest BCUT2D eigenvalue weighted by molar-refractivity contribution is 5.77. The average Bonchev–Trinajstić information content (AvgIpc) is 3.30. The second-order valence-corrected chi connectivity index (χ2v) is 18.3. The maximum absolute atomic E-state index is 13.2. The number of esters is 1. The first-order valence-corrected chi connectivity index (χ1v) is 27.4. The summed E-state index contributed by atoms with van der Waals surface area (Å²) in [5.41, 5.74) is 0. The molecular weight excluding hydrogens is 803 g/mol. The highest BCUT2D eigenvalue weighted by Gasteiger charge is 2.24. The van der Waals surface area contributed by atoms with Crippen molar-refractivity contribution in [3.63, 3.8) is 0 Å². The van der Waals surface area contributed by atoms with Gasteiger partial charge in [-0.15, -0.1) is 0 Å². The number of nitrogens with one attached hydrogen (secondary N) is 1. The van der Waals surface area contributed by atoms with Crippen LogP contribution in [-0.2, 0) is 14.3 Å². The van der Waals surface area contributed by atoms with E-state index in [4.69, 9.17) is 4.74 Å². The van der Waals surface area contributed by atoms with E-state index in [9.17, 15) is 19.8 Å². The molecule has 374 valence electrons. The Labute approximate surface area is 402 Å². The van der Waals surface area contributed by atoms with Gasteiger partial charge >= 0.3 is 5.97 Å². The molecule has 0 aromatic heterocycles. The molecule has 0 aliphatic heterocycles. The van der Waals surface area contributed by atoms with E-state index in [0.29, 0.717) is 19.3 Å². The molecule has 1 amide bonds. The fraction of sp³-hybridized carbons (Fsp3) is 0.729. The molecule has 0 aromatic rings. The quantitative estimate of drug-likeness (QED) is 0.0245. The van der Waals surface area contributed by atoms with Crippen molar-refractivity contribution in [2.45, 2.75) is 270 Å². The summed E-state index contributed by atoms with van der Waals surface area (Å²) in [6.07, 6.45) is 67.9. The number of aliphatic hydroxyl groups excluding tert-OH is 2. The van der Waals surface area contributed by atoms with Crippen molar-refractivity contribution in [2.75, 3.05) is 6.61 Å². The summed E-state index contributed by atoms with van der Waals surface area (Å²) in [6, 6.07) is -0.722. The van der Waals surface area contributed by atoms with Crippen molar-refractivity contribution in [1.29, 1.82) is 0 Å². The van der Waals surface area contributed by atoms with Gasteiger partial charge in [-0.2, -0.15) is 0 Å². The first-order valence-electron chi connectivity index (χ1n) is 27.4. The lowest BCUT2D eigenvalue weighted by Gasteiger charge is -2.24. The van der Waals surface area contributed by atoms with E-state index in [1.165, 1.54) is 109 Å². The van der Waals surface area contributed by atoms with Gasteiger partial charge in [0, 0.05) is 6.42 Å². The van der Waals surface area contributed by atoms with Gasteiger partial charge in [-0.3, -0.25) is 9.59 Å². The van der Waals surface area contributed by atoms with Gasteiger partial charge in [0.25, 0.3) is 0 Å². The molecule has 0 bridgehead atoms. The molecule has 3 N–H and O–H groups in total. The van der Waals surface area contributed by atoms with E-state index in [1.54, 1.807) is 0 Å². The van der Waals surface area contributed by atoms with Crippen molar-refractivity contribution in [1.82, 2.24) is 5.32 Å². The minimum absolute atomic E-state index is 0.0424. The van der Waals surface area contributed by atoms with Crippen LogP contribution in [0, 0.1) is 0 Å². The molecule has 0 heterocycles. The van der Waals surface area contributed by atoms with Crippen molar-refractivity contribution in [2.24, 2.45) is 0 Å². The third kappa shape index (κ3) is 47.3. The number of ether oxygens (including phenoxy) is 1. The molecule has 65 heavy (non-hydrogen) atoms. The highest BCUT2D eigenvalue weighted by atomic mass is 16.5. The minimum atomic E-state index is -0.806. The van der Waals surface area contributed by atoms with Crippen LogP contribution in [0.4, 0.5) is 0 Å². The lowest BCUT2D eigenvalue weighted by Crippen LogP contribution is -2.46. The number of amides is 1. The third-order valence-corrected chi connectivity index (χ3v) is 12.1. The predicted molar refractivity (Wildman–Crippen MR) is 282 cm³/mol. The first-order chi connectivity index (χ1) is 32.0. The number of hydrogen-bond acceptors (Lipinski definition) is 5. The van der Waals surface area contributed by atoms with Crippen molar-refractivity contribution >= 4 is 11.9 Å². The Balaban J connectivity index is 4.59. The monoisotopic (exact) mass is 906 g/mol. The molecule has 6 heteroatoms. The van der Waals surface area contributed by atoms with Gasteiger partial charge in [0.15, 0.2) is 0 Å². The van der Waals surface area contributed by atoms with Crippen LogP contribution in [0.5, 0.6) is 0 Å². The number of unbranched alkanes of at least 4 members (excludes halogenated alkanes) is 25. The van der Waals surface area contributed by atoms with Crippen LogP contribution in [0.1, 0.15) is 252 Å². The lowest BCUT2D eigenvalue weighted by atomic mass is 10.0. The SMILES string of the molecule is CC/C=C/C=C/C=C/C=C\CCCCCC(CC(=O)NC(CO)C(O)CCCCCCCCCCCCCCCCCCC)OC(=O)CCCCCCCC/C=C/C/C=C/C/C=C/CC. The normalized spacial score (nSPS) is 13.9. The summed E-state index contributed by atoms with van der Waals surface area (Å²) in [5, 5.41) is 23.8. The number of allylic oxidation sites excluding steroid dienone is 14. The van der Waals surface area contributed by atoms with Crippen LogP contribution in [0.25, 0.3) is 0 Å². The van der Waals surface area contributed by atoms with Crippen LogP contribution in [-0.4, -0.2) is 46.9 Å². The topological polar surface area (TPSA) is 95.9 Å². The second kappa shape index (κ2) is 52.0. The molecule has 0 saturated heterocycles. The Morgan fingerprint density at radius 1 is 0.477 bits per heavy atom. The molecule has 0 rings (SSSR count). The van der Waals surface area contributed by atoms with Crippen LogP contribution in [0.2, 0.25) is 0 Å². The fourth-order valence-corrected chi connectivity index (χ4v) is 7.99. The third-order valence-electron chi connectivity index (χ3n) is 12.1. The minimum Gasteiger partial charge on any atom is -0.462 e. The molecule has 0 fully saturated rings. The zero-order valence-electron chi connectivity index (χ0n) is 42.6. The maximum Gasteiger partial charge on any atom is 0.306 e. The summed E-state index contributed by atoms with van der Waals surface area (Å²) in [7, 11) is 0. The Bertz CT molecular complexity index is 1250. The molecule has 3 unspecified atom stereocenters. The zero-order chi connectivity index (χ0) is 47.4. The first kappa shape index (κ1) is 62.0. The molecule has 0 saturated carbocycles. The van der Waals surface area contributed by atoms with Gasteiger partial charge in [-0.05, 0) is 77.0 Å². The van der Waals surface area contributed by atoms with Crippen molar-refractivity contribution in [3.05, 3.63) is 85.1 Å². The Hall–Kier alpha value is -2.96. The molecule has 0 aliphatic carbocycles. The zero-order valence-corrected chi connectivity index (χ0v) is 42.6. The summed E-state index contributed by atoms with van der Waals surface area (Å²) >= 11 is 0. The van der Waals surface area contributed by atoms with Gasteiger partial charge in [-0.1, -0.05) is 247 Å². The van der Waals surface area contributed by atoms with Crippen molar-refractivity contribution in [3.8, 4) is 0 Å². The number of carbonyl (C=O) groups excluding carboxylic acids is 2. The summed E-state index contributed by atoms with van der Waals surface area (Å²) < 4.78 is 5.92. The molecular formula is C59H103NO5. The average molecular weight is 906 g/mol. The van der Waals surface area contributed by atoms with E-state index in [2.05, 4.69) is 86.8 Å². The number of carbonyl (C=O) groups is 2. The van der Waals surface area contributed by atoms with E-state index in [1.807, 2.05) is 24.3 Å². The summed E-state index contributed by atoms with van der Waals surface area (Å²) in [6.45, 7) is 6.23. The van der Waals surface area contributed by atoms with E-state index >= 15 is 0 Å². The molecule has 0 aliphatic rings. The van der Waals surface area contributed by atoms with E-state index in [-0.39, 0.29) is 24.9 Å². The highest BCUT2D eigenvalue weighted by Crippen LogP contribution is 2.18. The number of aliphatic hydroxyl groups is 2. The van der Waals surface area contributed by atoms with Crippen LogP contribution in [0.3, 0.4) is 0 Å². The largest absolute Gasteiger partial charge is 0.462 e. The number of rotatable bonds is 48. The van der Waals surface area contributed by atoms with Crippen LogP contribution in [0.15, 0.2) is 85.1 Å². The van der Waals surface area contributed by atoms with Gasteiger partial charge in [0.2, 0.25) is 5.91 Å². The summed E-state index contributed by atoms with van der Waals surface area (Å²) in [4.78, 5) is 26.2. The summed E-state index contributed by atoms with van der Waals surface area (Å²) in [5.74, 6) is -0.529. The Morgan fingerprint density at radius 3 is 1.46 bits per heavy atom. The van der Waals surface area contributed by atoms with Gasteiger partial charge < -0.3 is 20.3 Å². The van der Waals surface area contributed by atoms with E-state index in [0.717, 1.165) is 96.3 Å². The molecule has 0 spiro atoms. The lowest BCUT2D eigenvalue weighted by molar-refractivity contribution is -0.151. The second-order valence-electron chi connectivity index (χ2n) is 18.3. The van der Waals surface area contributed by atoms with Gasteiger partial charge in [-0.25, -0.2) is 0 Å². The Morgan fingerprint density at radius 2 is 0.908 bits per heavy atom. The fourth-order valence-electron chi connectivity index (χ4n) is 7.99.